The third-order valence-corrected chi connectivity index (χ3v) is 18.5. The van der Waals surface area contributed by atoms with Crippen molar-refractivity contribution in [3.05, 3.63) is 46.0 Å². The Kier molecular flexibility index (Phi) is 11.2. The molecule has 6 aliphatic carbocycles. The molecule has 5 fully saturated rings. The fourth-order valence-corrected chi connectivity index (χ4v) is 14.8. The number of aliphatic hydroxyl groups is 1. The standard InChI is InChI=1S/C48H69ClN2O7/c1-27(2)38-33(52)25-48(36(53)26-50-22-23-51-40(54)28-10-12-29(49)13-11-28)21-20-46(8)30(39(38)48)14-15-35-45(7)18-17-37(44(5,6)34(45)16-19-47(35,46)9)58-42(57)32-24-31(41(55)56)43(32,3)4/h10-13,27,30-32,34-37,50,53H,14-26H2,1-9H3,(H,51,54)(H,55,56)/t30-,31+,32-,34+,35-,36+,37+,45+,46-,47-,48+/m1/s1. The molecule has 1 aromatic rings. The first kappa shape index (κ1) is 43.3. The number of ether oxygens (including phenoxy) is 1. The van der Waals surface area contributed by atoms with Crippen molar-refractivity contribution in [3.8, 4) is 0 Å². The zero-order chi connectivity index (χ0) is 42.4. The number of ketones is 1. The van der Waals surface area contributed by atoms with E-state index in [1.807, 2.05) is 13.8 Å². The zero-order valence-corrected chi connectivity index (χ0v) is 37.2. The van der Waals surface area contributed by atoms with Gasteiger partial charge in [-0.25, -0.2) is 0 Å². The molecule has 1 amide bonds. The maximum atomic E-state index is 14.1. The maximum absolute atomic E-state index is 14.1. The number of Topliss-reactive ketones (excluding diaryl/α,β-unsaturated/α-hetero) is 1. The smallest absolute Gasteiger partial charge is 0.309 e. The zero-order valence-electron chi connectivity index (χ0n) is 36.4. The van der Waals surface area contributed by atoms with Gasteiger partial charge in [-0.1, -0.05) is 79.5 Å². The van der Waals surface area contributed by atoms with Crippen molar-refractivity contribution < 1.29 is 34.1 Å². The number of carboxylic acids is 1. The number of hydrogen-bond acceptors (Lipinski definition) is 7. The Morgan fingerprint density at radius 1 is 0.845 bits per heavy atom. The fourth-order valence-electron chi connectivity index (χ4n) is 14.6. The number of amides is 1. The van der Waals surface area contributed by atoms with Gasteiger partial charge in [0.2, 0.25) is 0 Å². The van der Waals surface area contributed by atoms with Crippen molar-refractivity contribution in [3.63, 3.8) is 0 Å². The van der Waals surface area contributed by atoms with E-state index in [4.69, 9.17) is 16.3 Å². The number of carbonyl (C=O) groups excluding carboxylic acids is 3. The molecule has 9 nitrogen and oxygen atoms in total. The molecular formula is C48H69ClN2O7. The molecular weight excluding hydrogens is 752 g/mol. The first-order chi connectivity index (χ1) is 27.1. The van der Waals surface area contributed by atoms with Crippen molar-refractivity contribution in [2.45, 2.75) is 139 Å². The van der Waals surface area contributed by atoms with Gasteiger partial charge in [0, 0.05) is 47.5 Å². The Bertz CT molecular complexity index is 1860. The van der Waals surface area contributed by atoms with E-state index in [2.05, 4.69) is 59.1 Å². The van der Waals surface area contributed by atoms with Gasteiger partial charge in [-0.2, -0.15) is 0 Å². The van der Waals surface area contributed by atoms with Crippen molar-refractivity contribution in [2.24, 2.45) is 68.0 Å². The summed E-state index contributed by atoms with van der Waals surface area (Å²) in [4.78, 5) is 52.1. The molecule has 0 radical (unpaired) electrons. The van der Waals surface area contributed by atoms with E-state index in [9.17, 15) is 29.4 Å². The van der Waals surface area contributed by atoms with Crippen LogP contribution in [0.3, 0.4) is 0 Å². The van der Waals surface area contributed by atoms with Gasteiger partial charge in [-0.3, -0.25) is 19.2 Å². The van der Waals surface area contributed by atoms with Crippen LogP contribution in [-0.4, -0.2) is 65.7 Å². The highest BCUT2D eigenvalue weighted by molar-refractivity contribution is 6.30. The minimum Gasteiger partial charge on any atom is -0.481 e. The number of esters is 1. The molecule has 7 rings (SSSR count). The molecule has 0 aromatic heterocycles. The van der Waals surface area contributed by atoms with Gasteiger partial charge in [0.15, 0.2) is 5.78 Å². The molecule has 320 valence electrons. The highest BCUT2D eigenvalue weighted by Crippen LogP contribution is 2.77. The second-order valence-corrected chi connectivity index (χ2v) is 22.1. The van der Waals surface area contributed by atoms with E-state index in [1.165, 1.54) is 5.57 Å². The SMILES string of the molecule is CC(C)C1=C2[C@H]3CC[C@@H]4[C@@]5(C)CC[C@H](OC(=O)[C@H]6C[C@@H](C(=O)O)C6(C)C)C(C)(C)[C@@H]5CC[C@@]4(C)[C@]3(C)CC[C@@]2([C@@H](O)CNCCNC(=O)c2ccc(Cl)cc2)CC1=O. The summed E-state index contributed by atoms with van der Waals surface area (Å²) in [5.41, 5.74) is 1.35. The third kappa shape index (κ3) is 6.53. The van der Waals surface area contributed by atoms with Gasteiger partial charge < -0.3 is 25.6 Å². The molecule has 58 heavy (non-hydrogen) atoms. The van der Waals surface area contributed by atoms with Crippen LogP contribution in [0.2, 0.25) is 5.02 Å². The van der Waals surface area contributed by atoms with Crippen LogP contribution < -0.4 is 10.6 Å². The number of carbonyl (C=O) groups is 4. The highest BCUT2D eigenvalue weighted by atomic mass is 35.5. The summed E-state index contributed by atoms with van der Waals surface area (Å²) in [5.74, 6) is -0.824. The van der Waals surface area contributed by atoms with Crippen LogP contribution in [-0.2, 0) is 19.1 Å². The van der Waals surface area contributed by atoms with Crippen LogP contribution in [0.4, 0.5) is 0 Å². The molecule has 10 heteroatoms. The van der Waals surface area contributed by atoms with Crippen molar-refractivity contribution in [2.75, 3.05) is 19.6 Å². The molecule has 6 aliphatic rings. The number of benzene rings is 1. The van der Waals surface area contributed by atoms with E-state index in [1.54, 1.807) is 24.3 Å². The van der Waals surface area contributed by atoms with E-state index in [0.717, 1.165) is 56.9 Å². The molecule has 0 saturated heterocycles. The minimum atomic E-state index is -0.838. The average Bonchev–Trinajstić information content (AvgIpc) is 3.45. The number of fused-ring (bicyclic) bond motifs is 7. The molecule has 0 bridgehead atoms. The molecule has 0 aliphatic heterocycles. The summed E-state index contributed by atoms with van der Waals surface area (Å²) in [7, 11) is 0. The quantitative estimate of drug-likeness (QED) is 0.128. The predicted octanol–water partition coefficient (Wildman–Crippen LogP) is 8.66. The molecule has 1 aromatic carbocycles. The van der Waals surface area contributed by atoms with Gasteiger partial charge in [0.1, 0.15) is 6.10 Å². The summed E-state index contributed by atoms with van der Waals surface area (Å²) in [5, 5.41) is 28.8. The number of aliphatic hydroxyl groups excluding tert-OH is 1. The number of allylic oxidation sites excluding steroid dienone is 1. The molecule has 11 atom stereocenters. The normalized spacial score (nSPS) is 39.1. The van der Waals surface area contributed by atoms with Crippen LogP contribution in [0.5, 0.6) is 0 Å². The lowest BCUT2D eigenvalue weighted by Crippen LogP contribution is -2.66. The van der Waals surface area contributed by atoms with Crippen molar-refractivity contribution in [1.82, 2.24) is 10.6 Å². The maximum Gasteiger partial charge on any atom is 0.309 e. The lowest BCUT2D eigenvalue weighted by molar-refractivity contribution is -0.238. The molecule has 5 saturated carbocycles. The molecule has 4 N–H and O–H groups in total. The van der Waals surface area contributed by atoms with Crippen LogP contribution in [0, 0.1) is 68.0 Å². The van der Waals surface area contributed by atoms with E-state index >= 15 is 0 Å². The minimum absolute atomic E-state index is 0.0287. The lowest BCUT2D eigenvalue weighted by atomic mass is 9.33. The summed E-state index contributed by atoms with van der Waals surface area (Å²) >= 11 is 5.98. The van der Waals surface area contributed by atoms with Crippen LogP contribution in [0.25, 0.3) is 0 Å². The molecule has 0 spiro atoms. The average molecular weight is 822 g/mol. The van der Waals surface area contributed by atoms with Crippen LogP contribution in [0.15, 0.2) is 35.4 Å². The number of carboxylic acid groups (broad SMARTS) is 1. The Balaban J connectivity index is 1.07. The second kappa shape index (κ2) is 15.0. The van der Waals surface area contributed by atoms with Gasteiger partial charge in [0.25, 0.3) is 5.91 Å². The summed E-state index contributed by atoms with van der Waals surface area (Å²) in [6.45, 7) is 21.5. The number of nitrogens with one attached hydrogen (secondary N) is 2. The largest absolute Gasteiger partial charge is 0.481 e. The Morgan fingerprint density at radius 2 is 1.53 bits per heavy atom. The van der Waals surface area contributed by atoms with Crippen LogP contribution in [0.1, 0.15) is 137 Å². The highest BCUT2D eigenvalue weighted by Gasteiger charge is 2.71. The number of hydrogen-bond donors (Lipinski definition) is 4. The predicted molar refractivity (Wildman–Crippen MR) is 225 cm³/mol. The molecule has 0 unspecified atom stereocenters. The first-order valence-corrected chi connectivity index (χ1v) is 22.6. The second-order valence-electron chi connectivity index (χ2n) is 21.6. The topological polar surface area (TPSA) is 142 Å². The Morgan fingerprint density at radius 3 is 2.17 bits per heavy atom. The molecule has 0 heterocycles. The monoisotopic (exact) mass is 820 g/mol. The number of rotatable bonds is 11. The van der Waals surface area contributed by atoms with Gasteiger partial charge in [-0.15, -0.1) is 0 Å². The van der Waals surface area contributed by atoms with E-state index in [0.29, 0.717) is 54.9 Å². The van der Waals surface area contributed by atoms with Crippen molar-refractivity contribution in [1.29, 1.82) is 0 Å². The van der Waals surface area contributed by atoms with Gasteiger partial charge in [0.05, 0.1) is 17.9 Å². The summed E-state index contributed by atoms with van der Waals surface area (Å²) in [6.07, 6.45) is 7.48. The number of halogens is 1. The Hall–Kier alpha value is -2.75. The van der Waals surface area contributed by atoms with Crippen molar-refractivity contribution >= 4 is 35.2 Å². The summed E-state index contributed by atoms with van der Waals surface area (Å²) < 4.78 is 6.41. The van der Waals surface area contributed by atoms with Gasteiger partial charge >= 0.3 is 11.9 Å². The van der Waals surface area contributed by atoms with E-state index in [-0.39, 0.29) is 57.3 Å². The van der Waals surface area contributed by atoms with E-state index < -0.39 is 34.7 Å². The fraction of sp³-hybridized carbons (Fsp3) is 0.750. The van der Waals surface area contributed by atoms with Gasteiger partial charge in [-0.05, 0) is 133 Å². The Labute approximate surface area is 351 Å². The lowest BCUT2D eigenvalue weighted by Gasteiger charge is -2.72. The number of aliphatic carboxylic acids is 1. The third-order valence-electron chi connectivity index (χ3n) is 18.2. The first-order valence-electron chi connectivity index (χ1n) is 22.2. The summed E-state index contributed by atoms with van der Waals surface area (Å²) in [6, 6.07) is 6.79. The van der Waals surface area contributed by atoms with Crippen LogP contribution >= 0.6 is 11.6 Å².